The molecule has 0 atom stereocenters. The lowest BCUT2D eigenvalue weighted by Crippen LogP contribution is -2.47. The van der Waals surface area contributed by atoms with E-state index in [1.165, 1.54) is 5.57 Å². The molecule has 1 saturated heterocycles. The van der Waals surface area contributed by atoms with Gasteiger partial charge in [-0.3, -0.25) is 15.1 Å². The molecule has 0 amide bonds. The van der Waals surface area contributed by atoms with Crippen molar-refractivity contribution in [1.82, 2.24) is 15.1 Å². The first kappa shape index (κ1) is 26.9. The van der Waals surface area contributed by atoms with Gasteiger partial charge < -0.3 is 25.8 Å². The van der Waals surface area contributed by atoms with Gasteiger partial charge in [0.15, 0.2) is 5.96 Å². The van der Waals surface area contributed by atoms with Crippen molar-refractivity contribution in [1.29, 1.82) is 5.41 Å². The van der Waals surface area contributed by atoms with Gasteiger partial charge in [0.1, 0.15) is 0 Å². The summed E-state index contributed by atoms with van der Waals surface area (Å²) in [5.41, 5.74) is 5.96. The molecule has 8 heteroatoms. The van der Waals surface area contributed by atoms with Crippen LogP contribution in [0, 0.1) is 10.8 Å². The summed E-state index contributed by atoms with van der Waals surface area (Å²) in [4.78, 5) is 15.8. The Hall–Kier alpha value is -2.16. The molecule has 2 aliphatic heterocycles. The van der Waals surface area contributed by atoms with Crippen LogP contribution < -0.4 is 11.1 Å². The zero-order chi connectivity index (χ0) is 23.1. The summed E-state index contributed by atoms with van der Waals surface area (Å²) in [5, 5.41) is 20.0. The fourth-order valence-electron chi connectivity index (χ4n) is 3.47. The minimum Gasteiger partial charge on any atom is -0.481 e. The van der Waals surface area contributed by atoms with Crippen LogP contribution in [0.4, 0.5) is 0 Å². The number of hydrogen-bond donors (Lipinski definition) is 4. The fourth-order valence-corrected chi connectivity index (χ4v) is 3.47. The molecule has 1 fully saturated rings. The summed E-state index contributed by atoms with van der Waals surface area (Å²) < 4.78 is 5.73. The molecule has 2 rings (SSSR count). The van der Waals surface area contributed by atoms with E-state index in [4.69, 9.17) is 15.9 Å². The van der Waals surface area contributed by atoms with Crippen LogP contribution in [0.25, 0.3) is 0 Å². The van der Waals surface area contributed by atoms with Crippen LogP contribution in [0.5, 0.6) is 0 Å². The van der Waals surface area contributed by atoms with Gasteiger partial charge >= 0.3 is 5.97 Å². The molecular weight excluding hydrogens is 394 g/mol. The van der Waals surface area contributed by atoms with E-state index in [2.05, 4.69) is 41.9 Å². The highest BCUT2D eigenvalue weighted by atomic mass is 16.5. The molecule has 0 aromatic rings. The Morgan fingerprint density at radius 1 is 1.42 bits per heavy atom. The predicted molar refractivity (Wildman–Crippen MR) is 126 cm³/mol. The maximum absolute atomic E-state index is 11.8. The first-order chi connectivity index (χ1) is 14.9. The molecular formula is C23H41N5O3. The Morgan fingerprint density at radius 3 is 2.58 bits per heavy atom. The van der Waals surface area contributed by atoms with E-state index in [9.17, 15) is 9.90 Å². The number of guanidine groups is 1. The lowest BCUT2D eigenvalue weighted by Gasteiger charge is -2.38. The van der Waals surface area contributed by atoms with Crippen molar-refractivity contribution in [2.45, 2.75) is 32.6 Å². The summed E-state index contributed by atoms with van der Waals surface area (Å²) >= 11 is 0. The largest absolute Gasteiger partial charge is 0.481 e. The number of nitrogens with two attached hydrogens (primary N) is 1. The summed E-state index contributed by atoms with van der Waals surface area (Å²) in [7, 11) is 1.93. The Labute approximate surface area is 187 Å². The van der Waals surface area contributed by atoms with Crippen LogP contribution >= 0.6 is 0 Å². The van der Waals surface area contributed by atoms with Gasteiger partial charge in [-0.25, -0.2) is 0 Å². The van der Waals surface area contributed by atoms with Gasteiger partial charge in [-0.2, -0.15) is 0 Å². The predicted octanol–water partition coefficient (Wildman–Crippen LogP) is 2.05. The molecule has 2 aliphatic rings. The molecule has 176 valence electrons. The van der Waals surface area contributed by atoms with Crippen LogP contribution in [0.3, 0.4) is 0 Å². The average Bonchev–Trinajstić information content (AvgIpc) is 2.78. The smallest absolute Gasteiger partial charge is 0.312 e. The molecule has 0 bridgehead atoms. The van der Waals surface area contributed by atoms with E-state index < -0.39 is 11.4 Å². The number of nitrogens with one attached hydrogen (secondary N) is 2. The van der Waals surface area contributed by atoms with Crippen LogP contribution in [0.1, 0.15) is 32.6 Å². The van der Waals surface area contributed by atoms with Gasteiger partial charge in [-0.05, 0) is 57.9 Å². The highest BCUT2D eigenvalue weighted by Gasteiger charge is 2.41. The Morgan fingerprint density at radius 2 is 2.10 bits per heavy atom. The number of hydrogen-bond acceptors (Lipinski definition) is 5. The van der Waals surface area contributed by atoms with Crippen LogP contribution in [-0.4, -0.2) is 86.4 Å². The average molecular weight is 436 g/mol. The standard InChI is InChI=1S/C20H32N4O3.C3H9N/c1-2-10-23-13-8-20(9-14-23,18(25)26)16-27-15-4-3-5-17-6-11-24(12-7-17)19(21)22;1-3-4-2/h2-3,5-6H,1,4,7-16H2,(H3,21,22)(H,25,26);4H,3H2,1-2H3. The lowest BCUT2D eigenvalue weighted by molar-refractivity contribution is -0.156. The number of carboxylic acid groups (broad SMARTS) is 1. The number of piperidine rings is 1. The van der Waals surface area contributed by atoms with Gasteiger partial charge in [-0.1, -0.05) is 31.2 Å². The first-order valence-corrected chi connectivity index (χ1v) is 11.1. The van der Waals surface area contributed by atoms with Gasteiger partial charge in [0.2, 0.25) is 0 Å². The maximum Gasteiger partial charge on any atom is 0.312 e. The molecule has 0 aliphatic carbocycles. The Bertz CT molecular complexity index is 623. The summed E-state index contributed by atoms with van der Waals surface area (Å²) in [6, 6.07) is 0. The third kappa shape index (κ3) is 9.67. The van der Waals surface area contributed by atoms with Gasteiger partial charge in [0, 0.05) is 19.6 Å². The van der Waals surface area contributed by atoms with E-state index in [1.807, 2.05) is 18.0 Å². The van der Waals surface area contributed by atoms with E-state index >= 15 is 0 Å². The number of carboxylic acids is 1. The summed E-state index contributed by atoms with van der Waals surface area (Å²) in [5.74, 6) is -0.635. The van der Waals surface area contributed by atoms with E-state index in [0.717, 1.165) is 45.6 Å². The molecule has 8 nitrogen and oxygen atoms in total. The van der Waals surface area contributed by atoms with E-state index in [1.54, 1.807) is 0 Å². The highest BCUT2D eigenvalue weighted by Crippen LogP contribution is 2.32. The zero-order valence-electron chi connectivity index (χ0n) is 19.2. The topological polar surface area (TPSA) is 115 Å². The molecule has 2 heterocycles. The van der Waals surface area contributed by atoms with Crippen molar-refractivity contribution < 1.29 is 14.6 Å². The Balaban J connectivity index is 0.00000110. The van der Waals surface area contributed by atoms with Crippen molar-refractivity contribution in [2.24, 2.45) is 11.1 Å². The SMILES string of the molecule is C=CCN1CCC(COCCC=CC2=CCN(C(=N)N)CC2)(C(=O)O)CC1.CCNC. The van der Waals surface area contributed by atoms with Crippen LogP contribution in [0.15, 0.2) is 36.5 Å². The van der Waals surface area contributed by atoms with Crippen LogP contribution in [-0.2, 0) is 9.53 Å². The van der Waals surface area contributed by atoms with Crippen molar-refractivity contribution in [2.75, 3.05) is 59.5 Å². The number of aliphatic carboxylic acids is 1. The molecule has 0 unspecified atom stereocenters. The molecule has 31 heavy (non-hydrogen) atoms. The molecule has 0 spiro atoms. The second-order valence-electron chi connectivity index (χ2n) is 7.99. The zero-order valence-corrected chi connectivity index (χ0v) is 19.2. The molecule has 0 saturated carbocycles. The van der Waals surface area contributed by atoms with Crippen molar-refractivity contribution in [3.63, 3.8) is 0 Å². The number of rotatable bonds is 10. The number of carbonyl (C=O) groups is 1. The molecule has 0 aromatic heterocycles. The van der Waals surface area contributed by atoms with Gasteiger partial charge in [0.25, 0.3) is 0 Å². The second kappa shape index (κ2) is 14.8. The minimum absolute atomic E-state index is 0.116. The fraction of sp³-hybridized carbons (Fsp3) is 0.652. The number of likely N-dealkylation sites (tertiary alicyclic amines) is 1. The van der Waals surface area contributed by atoms with Crippen molar-refractivity contribution >= 4 is 11.9 Å². The third-order valence-corrected chi connectivity index (χ3v) is 5.73. The number of ether oxygens (including phenoxy) is 1. The minimum atomic E-state index is -0.760. The summed E-state index contributed by atoms with van der Waals surface area (Å²) in [6.45, 7) is 11.5. The quantitative estimate of drug-likeness (QED) is 0.180. The van der Waals surface area contributed by atoms with E-state index in [-0.39, 0.29) is 12.6 Å². The normalized spacial score (nSPS) is 18.8. The summed E-state index contributed by atoms with van der Waals surface area (Å²) in [6.07, 6.45) is 11.0. The van der Waals surface area contributed by atoms with Crippen molar-refractivity contribution in [3.8, 4) is 0 Å². The molecule has 5 N–H and O–H groups in total. The maximum atomic E-state index is 11.8. The van der Waals surface area contributed by atoms with Crippen LogP contribution in [0.2, 0.25) is 0 Å². The number of allylic oxidation sites excluding steroid dienone is 1. The highest BCUT2D eigenvalue weighted by molar-refractivity contribution is 5.75. The number of nitrogens with zero attached hydrogens (tertiary/aromatic N) is 2. The third-order valence-electron chi connectivity index (χ3n) is 5.73. The van der Waals surface area contributed by atoms with Crippen molar-refractivity contribution in [3.05, 3.63) is 36.5 Å². The lowest BCUT2D eigenvalue weighted by atomic mass is 9.79. The molecule has 0 radical (unpaired) electrons. The monoisotopic (exact) mass is 435 g/mol. The van der Waals surface area contributed by atoms with Gasteiger partial charge in [0.05, 0.1) is 18.6 Å². The van der Waals surface area contributed by atoms with Gasteiger partial charge in [-0.15, -0.1) is 6.58 Å². The molecule has 0 aromatic carbocycles. The Kier molecular flexibility index (Phi) is 12.8. The second-order valence-corrected chi connectivity index (χ2v) is 7.99. The van der Waals surface area contributed by atoms with E-state index in [0.29, 0.717) is 26.0 Å². The first-order valence-electron chi connectivity index (χ1n) is 11.1.